The maximum Gasteiger partial charge on any atom is 0.253 e. The molecule has 0 aliphatic carbocycles. The van der Waals surface area contributed by atoms with Crippen molar-refractivity contribution in [2.75, 3.05) is 10.6 Å². The van der Waals surface area contributed by atoms with E-state index < -0.39 is 10.9 Å². The number of aromatic nitrogens is 1. The van der Waals surface area contributed by atoms with Crippen LogP contribution in [0.2, 0.25) is 0 Å². The van der Waals surface area contributed by atoms with Crippen molar-refractivity contribution in [1.82, 2.24) is 4.98 Å². The van der Waals surface area contributed by atoms with Crippen LogP contribution in [0.4, 0.5) is 17.1 Å². The molecule has 0 bridgehead atoms. The fourth-order valence-corrected chi connectivity index (χ4v) is 3.54. The van der Waals surface area contributed by atoms with Crippen LogP contribution in [0.25, 0.3) is 10.2 Å². The van der Waals surface area contributed by atoms with Crippen LogP contribution in [0.3, 0.4) is 0 Å². The van der Waals surface area contributed by atoms with Gasteiger partial charge in [0.05, 0.1) is 15.7 Å². The largest absolute Gasteiger partial charge is 0.508 e. The molecule has 1 heterocycles. The van der Waals surface area contributed by atoms with Gasteiger partial charge in [0.25, 0.3) is 10.9 Å². The number of phenols is 1. The highest BCUT2D eigenvalue weighted by Crippen LogP contribution is 2.28. The molecule has 0 aliphatic rings. The van der Waals surface area contributed by atoms with Crippen molar-refractivity contribution >= 4 is 38.6 Å². The zero-order valence-corrected chi connectivity index (χ0v) is 14.6. The minimum atomic E-state index is -0.543. The van der Waals surface area contributed by atoms with Gasteiger partial charge in [0, 0.05) is 11.7 Å². The highest BCUT2D eigenvalue weighted by Gasteiger charge is 2.23. The number of fused-ring (bicyclic) bond motifs is 1. The van der Waals surface area contributed by atoms with E-state index >= 15 is 0 Å². The van der Waals surface area contributed by atoms with E-state index in [0.29, 0.717) is 0 Å². The quantitative estimate of drug-likeness (QED) is 0.469. The lowest BCUT2D eigenvalue weighted by Gasteiger charge is -2.20. The third-order valence-corrected chi connectivity index (χ3v) is 5.03. The third-order valence-electron chi connectivity index (χ3n) is 4.24. The number of benzene rings is 2. The van der Waals surface area contributed by atoms with Gasteiger partial charge in [-0.15, -0.1) is 11.3 Å². The van der Waals surface area contributed by atoms with E-state index in [2.05, 4.69) is 15.6 Å². The van der Waals surface area contributed by atoms with Gasteiger partial charge in [-0.1, -0.05) is 12.1 Å². The number of nitrogens with one attached hydrogen (secondary N) is 2. The third kappa shape index (κ3) is 2.82. The molecule has 0 saturated carbocycles. The molecule has 3 aromatic carbocycles. The van der Waals surface area contributed by atoms with Crippen molar-refractivity contribution in [2.24, 2.45) is 0 Å². The molecule has 3 N–H and O–H groups in total. The van der Waals surface area contributed by atoms with E-state index in [1.807, 2.05) is 31.2 Å². The molecule has 0 fully saturated rings. The van der Waals surface area contributed by atoms with E-state index in [1.165, 1.54) is 11.3 Å². The standard InChI is InChI=1S/C19H15N3O3S/c1-10(11-3-2-4-13(23)7-11)21-16-17(19(25)18(16)24)22-12-5-6-14-15(8-12)26-9-20-14/h2-10,21-23H,1H3/t10-/m0/s1. The van der Waals surface area contributed by atoms with E-state index in [9.17, 15) is 14.7 Å². The van der Waals surface area contributed by atoms with Gasteiger partial charge in [-0.25, -0.2) is 4.98 Å². The lowest BCUT2D eigenvalue weighted by atomic mass is 10.1. The second kappa shape index (κ2) is 6.27. The summed E-state index contributed by atoms with van der Waals surface area (Å²) in [6.45, 7) is 1.86. The first kappa shape index (κ1) is 16.3. The van der Waals surface area contributed by atoms with Crippen LogP contribution in [0, 0.1) is 0 Å². The number of rotatable bonds is 5. The molecule has 0 saturated heterocycles. The second-order valence-corrected chi connectivity index (χ2v) is 6.92. The molecule has 26 heavy (non-hydrogen) atoms. The first-order valence-corrected chi connectivity index (χ1v) is 8.90. The van der Waals surface area contributed by atoms with Crippen LogP contribution in [0.5, 0.6) is 5.75 Å². The predicted octanol–water partition coefficient (Wildman–Crippen LogP) is 3.51. The highest BCUT2D eigenvalue weighted by molar-refractivity contribution is 7.16. The summed E-state index contributed by atoms with van der Waals surface area (Å²) in [6, 6.07) is 12.1. The first-order valence-electron chi connectivity index (χ1n) is 8.02. The second-order valence-electron chi connectivity index (χ2n) is 6.03. The number of hydrogen-bond acceptors (Lipinski definition) is 7. The summed E-state index contributed by atoms with van der Waals surface area (Å²) >= 11 is 1.51. The normalized spacial score (nSPS) is 12.3. The number of nitrogens with zero attached hydrogens (tertiary/aromatic N) is 1. The Bertz CT molecular complexity index is 1170. The average Bonchev–Trinajstić information content (AvgIpc) is 3.11. The maximum absolute atomic E-state index is 12.0. The summed E-state index contributed by atoms with van der Waals surface area (Å²) in [4.78, 5) is 28.2. The molecule has 7 heteroatoms. The van der Waals surface area contributed by atoms with E-state index in [4.69, 9.17) is 0 Å². The van der Waals surface area contributed by atoms with Gasteiger partial charge >= 0.3 is 0 Å². The summed E-state index contributed by atoms with van der Waals surface area (Å²) in [6.07, 6.45) is 0. The fourth-order valence-electron chi connectivity index (χ4n) is 2.82. The molecule has 6 nitrogen and oxygen atoms in total. The van der Waals surface area contributed by atoms with Crippen molar-refractivity contribution in [3.63, 3.8) is 0 Å². The monoisotopic (exact) mass is 365 g/mol. The molecular formula is C19H15N3O3S. The zero-order chi connectivity index (χ0) is 18.3. The number of aromatic hydroxyl groups is 1. The minimum absolute atomic E-state index is 0.150. The van der Waals surface area contributed by atoms with Crippen molar-refractivity contribution in [1.29, 1.82) is 0 Å². The molecule has 0 radical (unpaired) electrons. The Morgan fingerprint density at radius 1 is 1.08 bits per heavy atom. The number of phenolic OH excluding ortho intramolecular Hbond substituents is 1. The maximum atomic E-state index is 12.0. The zero-order valence-electron chi connectivity index (χ0n) is 13.8. The Balaban J connectivity index is 1.59. The van der Waals surface area contributed by atoms with Gasteiger partial charge in [0.2, 0.25) is 0 Å². The van der Waals surface area contributed by atoms with Crippen molar-refractivity contribution in [2.45, 2.75) is 13.0 Å². The predicted molar refractivity (Wildman–Crippen MR) is 104 cm³/mol. The Labute approximate surface area is 152 Å². The van der Waals surface area contributed by atoms with E-state index in [0.717, 1.165) is 21.5 Å². The summed E-state index contributed by atoms with van der Waals surface area (Å²) < 4.78 is 0.997. The molecule has 1 aromatic heterocycles. The van der Waals surface area contributed by atoms with Crippen molar-refractivity contribution in [3.8, 4) is 5.75 Å². The van der Waals surface area contributed by atoms with Gasteiger partial charge in [0.1, 0.15) is 17.1 Å². The van der Waals surface area contributed by atoms with Gasteiger partial charge in [0.15, 0.2) is 0 Å². The van der Waals surface area contributed by atoms with Gasteiger partial charge in [-0.2, -0.15) is 0 Å². The molecule has 0 amide bonds. The molecule has 0 aliphatic heterocycles. The number of anilines is 3. The summed E-state index contributed by atoms with van der Waals surface area (Å²) in [5, 5.41) is 15.7. The minimum Gasteiger partial charge on any atom is -0.508 e. The van der Waals surface area contributed by atoms with Gasteiger partial charge < -0.3 is 15.7 Å². The summed E-state index contributed by atoms with van der Waals surface area (Å²) in [5.41, 5.74) is 3.62. The Kier molecular flexibility index (Phi) is 3.93. The van der Waals surface area contributed by atoms with Gasteiger partial charge in [-0.05, 0) is 42.8 Å². The Morgan fingerprint density at radius 3 is 2.69 bits per heavy atom. The van der Waals surface area contributed by atoms with Crippen LogP contribution < -0.4 is 21.5 Å². The summed E-state index contributed by atoms with van der Waals surface area (Å²) in [5.74, 6) is 0.150. The summed E-state index contributed by atoms with van der Waals surface area (Å²) in [7, 11) is 0. The number of thiazole rings is 1. The average molecular weight is 365 g/mol. The first-order chi connectivity index (χ1) is 12.5. The number of hydrogen-bond donors (Lipinski definition) is 3. The van der Waals surface area contributed by atoms with Crippen molar-refractivity contribution in [3.05, 3.63) is 74.0 Å². The molecule has 0 unspecified atom stereocenters. The SMILES string of the molecule is C[C@H](Nc1c(Nc2ccc3ncsc3c2)c(=O)c1=O)c1cccc(O)c1. The van der Waals surface area contributed by atoms with Crippen LogP contribution in [0.1, 0.15) is 18.5 Å². The van der Waals surface area contributed by atoms with E-state index in [1.54, 1.807) is 23.7 Å². The molecule has 4 aromatic rings. The van der Waals surface area contributed by atoms with Crippen molar-refractivity contribution < 1.29 is 5.11 Å². The lowest BCUT2D eigenvalue weighted by Crippen LogP contribution is -2.37. The molecule has 1 atom stereocenters. The Hall–Kier alpha value is -3.19. The van der Waals surface area contributed by atoms with Crippen LogP contribution >= 0.6 is 11.3 Å². The van der Waals surface area contributed by atoms with Crippen LogP contribution in [-0.2, 0) is 0 Å². The van der Waals surface area contributed by atoms with E-state index in [-0.39, 0.29) is 23.2 Å². The lowest BCUT2D eigenvalue weighted by molar-refractivity contribution is 0.474. The molecule has 0 spiro atoms. The smallest absolute Gasteiger partial charge is 0.253 e. The molecule has 130 valence electrons. The highest BCUT2D eigenvalue weighted by atomic mass is 32.1. The van der Waals surface area contributed by atoms with Crippen LogP contribution in [0.15, 0.2) is 57.6 Å². The topological polar surface area (TPSA) is 91.3 Å². The van der Waals surface area contributed by atoms with Crippen LogP contribution in [-0.4, -0.2) is 10.1 Å². The fraction of sp³-hybridized carbons (Fsp3) is 0.105. The Morgan fingerprint density at radius 2 is 1.88 bits per heavy atom. The molecular weight excluding hydrogens is 350 g/mol. The van der Waals surface area contributed by atoms with Gasteiger partial charge in [-0.3, -0.25) is 9.59 Å². The molecule has 4 rings (SSSR count).